The molecule has 0 N–H and O–H groups in total. The lowest BCUT2D eigenvalue weighted by atomic mass is 10.2. The Hall–Kier alpha value is -2.64. The number of sulfonamides is 1. The van der Waals surface area contributed by atoms with E-state index in [1.54, 1.807) is 47.4 Å². The van der Waals surface area contributed by atoms with Crippen LogP contribution >= 0.6 is 0 Å². The van der Waals surface area contributed by atoms with Gasteiger partial charge in [0.25, 0.3) is 15.9 Å². The van der Waals surface area contributed by atoms with Crippen LogP contribution in [0.3, 0.4) is 0 Å². The van der Waals surface area contributed by atoms with E-state index >= 15 is 0 Å². The summed E-state index contributed by atoms with van der Waals surface area (Å²) in [6.07, 6.45) is 1.55. The van der Waals surface area contributed by atoms with Crippen molar-refractivity contribution in [3.63, 3.8) is 0 Å². The number of benzene rings is 2. The van der Waals surface area contributed by atoms with E-state index in [-0.39, 0.29) is 17.3 Å². The number of rotatable bonds is 7. The molecular weight excluding hydrogens is 386 g/mol. The van der Waals surface area contributed by atoms with E-state index in [1.807, 2.05) is 6.07 Å². The number of likely N-dealkylation sites (N-methyl/N-ethyl adjacent to an activating group) is 1. The van der Waals surface area contributed by atoms with E-state index in [2.05, 4.69) is 18.4 Å². The number of nitrogens with zero attached hydrogens (tertiary/aromatic N) is 3. The van der Waals surface area contributed by atoms with Gasteiger partial charge in [-0.15, -0.1) is 6.58 Å². The maximum Gasteiger partial charge on any atom is 0.264 e. The quantitative estimate of drug-likeness (QED) is 0.655. The standard InChI is InChI=1S/C22H27N3O3S/c1-3-13-25(20-10-6-5-7-11-20)29(27,28)21-12-8-9-19(18-21)22(26)24-16-14-23(4-2)15-17-24/h3,5-12,18H,1,4,13-17H2,2H3. The average Bonchev–Trinajstić information content (AvgIpc) is 2.77. The van der Waals surface area contributed by atoms with Gasteiger partial charge >= 0.3 is 0 Å². The smallest absolute Gasteiger partial charge is 0.264 e. The van der Waals surface area contributed by atoms with Crippen molar-refractivity contribution in [1.82, 2.24) is 9.80 Å². The van der Waals surface area contributed by atoms with Gasteiger partial charge in [0.2, 0.25) is 0 Å². The molecule has 0 aliphatic carbocycles. The number of piperazine rings is 1. The molecule has 7 heteroatoms. The highest BCUT2D eigenvalue weighted by molar-refractivity contribution is 7.92. The zero-order valence-corrected chi connectivity index (χ0v) is 17.5. The Morgan fingerprint density at radius 3 is 2.38 bits per heavy atom. The number of anilines is 1. The van der Waals surface area contributed by atoms with Gasteiger partial charge in [-0.25, -0.2) is 8.42 Å². The Kier molecular flexibility index (Phi) is 6.71. The summed E-state index contributed by atoms with van der Waals surface area (Å²) < 4.78 is 27.9. The number of hydrogen-bond donors (Lipinski definition) is 0. The number of amides is 1. The minimum atomic E-state index is -3.83. The van der Waals surface area contributed by atoms with E-state index in [9.17, 15) is 13.2 Å². The maximum atomic E-state index is 13.3. The monoisotopic (exact) mass is 413 g/mol. The highest BCUT2D eigenvalue weighted by Gasteiger charge is 2.26. The third-order valence-corrected chi connectivity index (χ3v) is 6.90. The van der Waals surface area contributed by atoms with Crippen LogP contribution in [-0.4, -0.2) is 63.4 Å². The number of carbonyl (C=O) groups is 1. The van der Waals surface area contributed by atoms with Gasteiger partial charge in [-0.1, -0.05) is 37.3 Å². The molecule has 1 amide bonds. The minimum Gasteiger partial charge on any atom is -0.336 e. The van der Waals surface area contributed by atoms with Gasteiger partial charge in [0.1, 0.15) is 0 Å². The summed E-state index contributed by atoms with van der Waals surface area (Å²) in [5.41, 5.74) is 0.947. The Labute approximate surface area is 173 Å². The van der Waals surface area contributed by atoms with Crippen LogP contribution in [0.2, 0.25) is 0 Å². The number of para-hydroxylation sites is 1. The largest absolute Gasteiger partial charge is 0.336 e. The van der Waals surface area contributed by atoms with Crippen LogP contribution in [0.5, 0.6) is 0 Å². The Morgan fingerprint density at radius 1 is 1.07 bits per heavy atom. The summed E-state index contributed by atoms with van der Waals surface area (Å²) in [6, 6.07) is 15.2. The second kappa shape index (κ2) is 9.24. The van der Waals surface area contributed by atoms with Gasteiger partial charge in [0.05, 0.1) is 17.1 Å². The van der Waals surface area contributed by atoms with Crippen LogP contribution in [0.4, 0.5) is 5.69 Å². The normalized spacial score (nSPS) is 15.1. The molecule has 1 aliphatic rings. The van der Waals surface area contributed by atoms with Crippen LogP contribution in [-0.2, 0) is 10.0 Å². The Balaban J connectivity index is 1.87. The first kappa shape index (κ1) is 21.1. The van der Waals surface area contributed by atoms with Crippen molar-refractivity contribution in [1.29, 1.82) is 0 Å². The summed E-state index contributed by atoms with van der Waals surface area (Å²) in [7, 11) is -3.83. The minimum absolute atomic E-state index is 0.0984. The lowest BCUT2D eigenvalue weighted by Gasteiger charge is -2.34. The summed E-state index contributed by atoms with van der Waals surface area (Å²) in [5, 5.41) is 0. The van der Waals surface area contributed by atoms with Crippen LogP contribution in [0.1, 0.15) is 17.3 Å². The van der Waals surface area contributed by atoms with Gasteiger partial charge in [0.15, 0.2) is 0 Å². The summed E-state index contributed by atoms with van der Waals surface area (Å²) in [6.45, 7) is 9.86. The van der Waals surface area contributed by atoms with Crippen LogP contribution < -0.4 is 4.31 Å². The van der Waals surface area contributed by atoms with Crippen LogP contribution in [0.25, 0.3) is 0 Å². The summed E-state index contributed by atoms with van der Waals surface area (Å²) in [4.78, 5) is 17.1. The fourth-order valence-electron chi connectivity index (χ4n) is 3.42. The van der Waals surface area contributed by atoms with Crippen molar-refractivity contribution in [3.05, 3.63) is 72.8 Å². The predicted octanol–water partition coefficient (Wildman–Crippen LogP) is 2.85. The number of hydrogen-bond acceptors (Lipinski definition) is 4. The molecule has 2 aromatic carbocycles. The van der Waals surface area contributed by atoms with Crippen LogP contribution in [0, 0.1) is 0 Å². The zero-order valence-electron chi connectivity index (χ0n) is 16.7. The highest BCUT2D eigenvalue weighted by atomic mass is 32.2. The van der Waals surface area contributed by atoms with Gasteiger partial charge in [-0.05, 0) is 36.9 Å². The molecule has 6 nitrogen and oxygen atoms in total. The van der Waals surface area contributed by atoms with Crippen molar-refractivity contribution >= 4 is 21.6 Å². The third-order valence-electron chi connectivity index (χ3n) is 5.11. The number of carbonyl (C=O) groups excluding carboxylic acids is 1. The molecule has 0 aromatic heterocycles. The first-order valence-electron chi connectivity index (χ1n) is 9.77. The van der Waals surface area contributed by atoms with Gasteiger partial charge in [0, 0.05) is 31.7 Å². The molecule has 154 valence electrons. The molecule has 0 unspecified atom stereocenters. The molecule has 3 rings (SSSR count). The zero-order chi connectivity index (χ0) is 20.9. The second-order valence-electron chi connectivity index (χ2n) is 6.91. The topological polar surface area (TPSA) is 60.9 Å². The van der Waals surface area contributed by atoms with Crippen molar-refractivity contribution < 1.29 is 13.2 Å². The molecule has 0 saturated carbocycles. The molecular formula is C22H27N3O3S. The van der Waals surface area contributed by atoms with Crippen molar-refractivity contribution in [3.8, 4) is 0 Å². The van der Waals surface area contributed by atoms with E-state index in [4.69, 9.17) is 0 Å². The SMILES string of the molecule is C=CCN(c1ccccc1)S(=O)(=O)c1cccc(C(=O)N2CCN(CC)CC2)c1. The lowest BCUT2D eigenvalue weighted by molar-refractivity contribution is 0.0643. The van der Waals surface area contributed by atoms with E-state index in [0.717, 1.165) is 19.6 Å². The fourth-order valence-corrected chi connectivity index (χ4v) is 4.90. The second-order valence-corrected chi connectivity index (χ2v) is 8.78. The maximum absolute atomic E-state index is 13.3. The molecule has 1 saturated heterocycles. The fraction of sp³-hybridized carbons (Fsp3) is 0.318. The summed E-state index contributed by atoms with van der Waals surface area (Å²) >= 11 is 0. The molecule has 29 heavy (non-hydrogen) atoms. The highest BCUT2D eigenvalue weighted by Crippen LogP contribution is 2.24. The van der Waals surface area contributed by atoms with Crippen LogP contribution in [0.15, 0.2) is 72.1 Å². The van der Waals surface area contributed by atoms with E-state index < -0.39 is 10.0 Å². The molecule has 0 bridgehead atoms. The predicted molar refractivity (Wildman–Crippen MR) is 116 cm³/mol. The van der Waals surface area contributed by atoms with Gasteiger partial charge < -0.3 is 9.80 Å². The third kappa shape index (κ3) is 4.68. The Morgan fingerprint density at radius 2 is 1.76 bits per heavy atom. The summed E-state index contributed by atoms with van der Waals surface area (Å²) in [5.74, 6) is -0.132. The molecule has 1 heterocycles. The molecule has 0 atom stereocenters. The molecule has 0 spiro atoms. The first-order chi connectivity index (χ1) is 14.0. The lowest BCUT2D eigenvalue weighted by Crippen LogP contribution is -2.48. The van der Waals surface area contributed by atoms with E-state index in [1.165, 1.54) is 16.4 Å². The molecule has 1 aliphatic heterocycles. The van der Waals surface area contributed by atoms with Gasteiger partial charge in [-0.3, -0.25) is 9.10 Å². The molecule has 0 radical (unpaired) electrons. The van der Waals surface area contributed by atoms with E-state index in [0.29, 0.717) is 24.3 Å². The van der Waals surface area contributed by atoms with Crippen molar-refractivity contribution in [2.24, 2.45) is 0 Å². The van der Waals surface area contributed by atoms with Gasteiger partial charge in [-0.2, -0.15) is 0 Å². The van der Waals surface area contributed by atoms with Crippen molar-refractivity contribution in [2.45, 2.75) is 11.8 Å². The van der Waals surface area contributed by atoms with Crippen molar-refractivity contribution in [2.75, 3.05) is 43.6 Å². The molecule has 2 aromatic rings. The Bertz CT molecular complexity index is 952. The average molecular weight is 414 g/mol. The molecule has 1 fully saturated rings. The first-order valence-corrected chi connectivity index (χ1v) is 11.2.